The Labute approximate surface area is 412 Å². The summed E-state index contributed by atoms with van der Waals surface area (Å²) in [5, 5.41) is 14.7. The summed E-state index contributed by atoms with van der Waals surface area (Å²) in [6, 6.07) is 11.4. The Morgan fingerprint density at radius 2 is 1.65 bits per heavy atom. The van der Waals surface area contributed by atoms with Crippen molar-refractivity contribution in [3.63, 3.8) is 0 Å². The van der Waals surface area contributed by atoms with Crippen LogP contribution in [0.4, 0.5) is 17.5 Å². The molecule has 1 aliphatic carbocycles. The van der Waals surface area contributed by atoms with Crippen LogP contribution in [-0.4, -0.2) is 153 Å². The van der Waals surface area contributed by atoms with E-state index in [1.807, 2.05) is 9.80 Å². The lowest BCUT2D eigenvalue weighted by Crippen LogP contribution is -2.53. The molecule has 1 saturated carbocycles. The van der Waals surface area contributed by atoms with Crippen LogP contribution in [0.5, 0.6) is 11.5 Å². The second-order valence-corrected chi connectivity index (χ2v) is 18.4. The lowest BCUT2D eigenvalue weighted by Gasteiger charge is -2.34. The highest BCUT2D eigenvalue weighted by Crippen LogP contribution is 2.37. The summed E-state index contributed by atoms with van der Waals surface area (Å²) >= 11 is 7.49. The van der Waals surface area contributed by atoms with Crippen LogP contribution in [0, 0.1) is 5.92 Å². The minimum atomic E-state index is -0.642. The molecule has 2 aromatic heterocycles. The fraction of sp³-hybridized carbons (Fsp3) is 0.490. The Bertz CT molecular complexity index is 2410. The second-order valence-electron chi connectivity index (χ2n) is 17.1. The highest BCUT2D eigenvalue weighted by molar-refractivity contribution is 7.10. The normalized spacial score (nSPS) is 17.0. The predicted molar refractivity (Wildman–Crippen MR) is 265 cm³/mol. The van der Waals surface area contributed by atoms with E-state index >= 15 is 0 Å². The van der Waals surface area contributed by atoms with Crippen LogP contribution in [0.2, 0.25) is 5.02 Å². The Morgan fingerprint density at radius 3 is 2.41 bits per heavy atom. The number of carbonyl (C=O) groups is 4. The van der Waals surface area contributed by atoms with Crippen molar-refractivity contribution >= 4 is 63.9 Å². The monoisotopic (exact) mass is 986 g/mol. The van der Waals surface area contributed by atoms with Crippen molar-refractivity contribution < 1.29 is 38.1 Å². The van der Waals surface area contributed by atoms with Gasteiger partial charge in [0.25, 0.3) is 11.8 Å². The Hall–Kier alpha value is -5.86. The number of halogens is 1. The third kappa shape index (κ3) is 13.5. The first-order valence-corrected chi connectivity index (χ1v) is 24.9. The minimum absolute atomic E-state index is 0.0570. The average Bonchev–Trinajstić information content (AvgIpc) is 4.09. The molecular formula is C49H63ClN10O8S. The van der Waals surface area contributed by atoms with E-state index in [4.69, 9.17) is 35.5 Å². The summed E-state index contributed by atoms with van der Waals surface area (Å²) in [6.07, 6.45) is 8.00. The molecule has 0 unspecified atom stereocenters. The maximum atomic E-state index is 14.2. The third-order valence-corrected chi connectivity index (χ3v) is 13.9. The third-order valence-electron chi connectivity index (χ3n) is 12.7. The number of ketones is 1. The molecule has 3 amide bonds. The molecule has 20 heteroatoms. The van der Waals surface area contributed by atoms with Gasteiger partial charge in [-0.15, -0.1) is 11.3 Å². The maximum absolute atomic E-state index is 14.2. The van der Waals surface area contributed by atoms with Crippen molar-refractivity contribution in [1.82, 2.24) is 40.3 Å². The maximum Gasteiger partial charge on any atom is 0.267 e. The number of nitrogens with one attached hydrogen (secondary N) is 4. The van der Waals surface area contributed by atoms with E-state index in [9.17, 15) is 19.2 Å². The molecule has 3 fully saturated rings. The highest BCUT2D eigenvalue weighted by Gasteiger charge is 2.40. The minimum Gasteiger partial charge on any atom is -0.495 e. The van der Waals surface area contributed by atoms with Gasteiger partial charge in [-0.1, -0.05) is 49.6 Å². The van der Waals surface area contributed by atoms with Crippen LogP contribution in [0.15, 0.2) is 66.3 Å². The van der Waals surface area contributed by atoms with Gasteiger partial charge < -0.3 is 50.0 Å². The SMILES string of the molecule is C=C(NC)C(=O)N[C@H](C(=O)N1CCC[C@H]1c1nc(C(=O)c2cccc(OCCOCCOCCN3CCN(C(=O)c4ccc(Nc5ncc(Cl)c(NC)n5)c(OC)c4)CC3)c2)cs1)C1CCCCC1. The Balaban J connectivity index is 0.785. The Kier molecular flexibility index (Phi) is 18.6. The molecule has 2 atom stereocenters. The van der Waals surface area contributed by atoms with Crippen LogP contribution in [0.25, 0.3) is 0 Å². The molecule has 69 heavy (non-hydrogen) atoms. The quantitative estimate of drug-likeness (QED) is 0.0386. The van der Waals surface area contributed by atoms with Gasteiger partial charge in [0.15, 0.2) is 0 Å². The molecule has 2 aromatic carbocycles. The van der Waals surface area contributed by atoms with E-state index in [1.54, 1.807) is 69.0 Å². The summed E-state index contributed by atoms with van der Waals surface area (Å²) in [7, 11) is 4.91. The van der Waals surface area contributed by atoms with E-state index in [0.717, 1.165) is 64.6 Å². The number of thiazole rings is 1. The summed E-state index contributed by atoms with van der Waals surface area (Å²) in [5.74, 6) is 1.15. The fourth-order valence-corrected chi connectivity index (χ4v) is 9.95. The molecule has 4 N–H and O–H groups in total. The zero-order valence-corrected chi connectivity index (χ0v) is 41.2. The van der Waals surface area contributed by atoms with Crippen molar-refractivity contribution in [1.29, 1.82) is 0 Å². The number of ether oxygens (including phenoxy) is 4. The average molecular weight is 988 g/mol. The molecule has 0 spiro atoms. The van der Waals surface area contributed by atoms with Crippen molar-refractivity contribution in [3.8, 4) is 11.5 Å². The van der Waals surface area contributed by atoms with Crippen LogP contribution >= 0.6 is 22.9 Å². The predicted octanol–water partition coefficient (Wildman–Crippen LogP) is 5.94. The lowest BCUT2D eigenvalue weighted by atomic mass is 9.83. The number of hydrogen-bond donors (Lipinski definition) is 4. The number of benzene rings is 2. The first kappa shape index (κ1) is 51.0. The number of amides is 3. The van der Waals surface area contributed by atoms with Gasteiger partial charge in [-0.25, -0.2) is 9.97 Å². The largest absolute Gasteiger partial charge is 0.495 e. The highest BCUT2D eigenvalue weighted by atomic mass is 35.5. The first-order chi connectivity index (χ1) is 33.6. The van der Waals surface area contributed by atoms with Gasteiger partial charge in [0.2, 0.25) is 17.6 Å². The van der Waals surface area contributed by atoms with Gasteiger partial charge in [0, 0.05) is 69.9 Å². The van der Waals surface area contributed by atoms with Gasteiger partial charge in [-0.2, -0.15) is 4.98 Å². The number of hydrogen-bond acceptors (Lipinski definition) is 16. The number of aromatic nitrogens is 3. The molecule has 4 aromatic rings. The van der Waals surface area contributed by atoms with Crippen molar-refractivity contribution in [2.45, 2.75) is 57.0 Å². The van der Waals surface area contributed by atoms with Gasteiger partial charge >= 0.3 is 0 Å². The van der Waals surface area contributed by atoms with Crippen LogP contribution < -0.4 is 30.7 Å². The molecular weight excluding hydrogens is 924 g/mol. The van der Waals surface area contributed by atoms with E-state index in [0.29, 0.717) is 108 Å². The first-order valence-electron chi connectivity index (χ1n) is 23.6. The van der Waals surface area contributed by atoms with E-state index in [-0.39, 0.29) is 41.2 Å². The zero-order valence-electron chi connectivity index (χ0n) is 39.6. The topological polar surface area (TPSA) is 202 Å². The molecule has 2 aliphatic heterocycles. The van der Waals surface area contributed by atoms with E-state index < -0.39 is 6.04 Å². The van der Waals surface area contributed by atoms with Crippen LogP contribution in [-0.2, 0) is 19.1 Å². The number of likely N-dealkylation sites (tertiary alicyclic amines) is 1. The van der Waals surface area contributed by atoms with Crippen LogP contribution in [0.3, 0.4) is 0 Å². The molecule has 4 heterocycles. The number of nitrogens with zero attached hydrogens (tertiary/aromatic N) is 6. The number of methoxy groups -OCH3 is 1. The molecule has 0 radical (unpaired) electrons. The van der Waals surface area contributed by atoms with Gasteiger partial charge in [-0.3, -0.25) is 24.1 Å². The molecule has 7 rings (SSSR count). The number of anilines is 3. The fourth-order valence-electron chi connectivity index (χ4n) is 8.82. The molecule has 18 nitrogen and oxygen atoms in total. The molecule has 3 aliphatic rings. The number of likely N-dealkylation sites (N-methyl/N-ethyl adjacent to an activating group) is 1. The second kappa shape index (κ2) is 25.1. The number of rotatable bonds is 23. The van der Waals surface area contributed by atoms with Gasteiger partial charge in [0.05, 0.1) is 57.2 Å². The number of piperazine rings is 1. The molecule has 370 valence electrons. The van der Waals surface area contributed by atoms with Crippen molar-refractivity contribution in [2.75, 3.05) is 104 Å². The van der Waals surface area contributed by atoms with E-state index in [2.05, 4.69) is 42.7 Å². The van der Waals surface area contributed by atoms with Gasteiger partial charge in [-0.05, 0) is 61.9 Å². The Morgan fingerprint density at radius 1 is 0.884 bits per heavy atom. The van der Waals surface area contributed by atoms with E-state index in [1.165, 1.54) is 17.5 Å². The zero-order chi connectivity index (χ0) is 48.7. The standard InChI is InChI=1S/C49H63ClN10O8S/c1-32(51-2)45(62)56-42(33-10-6-5-7-11-33)48(64)60-17-9-14-40(60)46-54-39(31-69-46)43(61)34-12-8-13-36(28-34)68-27-26-67-25-24-66-23-22-58-18-20-59(21-19-58)47(63)35-15-16-38(41(29-35)65-4)55-49-53-30-37(50)44(52-3)57-49/h8,12-13,15-16,28-31,33,40,42,51H,1,5-7,9-11,14,17-27H2,2-4H3,(H,56,62)(H2,52,53,55,57)/t40-,42-/m0/s1. The smallest absolute Gasteiger partial charge is 0.267 e. The lowest BCUT2D eigenvalue weighted by molar-refractivity contribution is -0.138. The molecule has 2 saturated heterocycles. The molecule has 0 bridgehead atoms. The van der Waals surface area contributed by atoms with Crippen molar-refractivity contribution in [2.24, 2.45) is 5.92 Å². The summed E-state index contributed by atoms with van der Waals surface area (Å²) in [4.78, 5) is 73.4. The summed E-state index contributed by atoms with van der Waals surface area (Å²) < 4.78 is 23.1. The van der Waals surface area contributed by atoms with Crippen LogP contribution in [0.1, 0.15) is 82.4 Å². The summed E-state index contributed by atoms with van der Waals surface area (Å²) in [6.45, 7) is 9.78. The van der Waals surface area contributed by atoms with Gasteiger partial charge in [0.1, 0.15) is 45.7 Å². The van der Waals surface area contributed by atoms with Crippen molar-refractivity contribution in [3.05, 3.63) is 93.2 Å². The summed E-state index contributed by atoms with van der Waals surface area (Å²) in [5.41, 5.74) is 2.13. The number of carbonyl (C=O) groups excluding carboxylic acids is 4.